The quantitative estimate of drug-likeness (QED) is 0.776. The van der Waals surface area contributed by atoms with Gasteiger partial charge in [-0.25, -0.2) is 0 Å². The minimum absolute atomic E-state index is 0.0197. The lowest BCUT2D eigenvalue weighted by Crippen LogP contribution is -2.45. The Kier molecular flexibility index (Phi) is 7.29. The van der Waals surface area contributed by atoms with Gasteiger partial charge >= 0.3 is 0 Å². The van der Waals surface area contributed by atoms with Crippen LogP contribution in [0.4, 0.5) is 5.69 Å². The fraction of sp³-hybridized carbons (Fsp3) is 0.600. The molecule has 5 heteroatoms. The summed E-state index contributed by atoms with van der Waals surface area (Å²) in [5.41, 5.74) is 6.64. The van der Waals surface area contributed by atoms with Crippen molar-refractivity contribution < 1.29 is 9.59 Å². The summed E-state index contributed by atoms with van der Waals surface area (Å²) in [6, 6.07) is 7.32. The molecule has 1 aromatic rings. The molecule has 0 aliphatic heterocycles. The van der Waals surface area contributed by atoms with Crippen molar-refractivity contribution in [3.63, 3.8) is 0 Å². The molecule has 5 nitrogen and oxygen atoms in total. The predicted octanol–water partition coefficient (Wildman–Crippen LogP) is 3.51. The number of hydrogen-bond acceptors (Lipinski definition) is 3. The average Bonchev–Trinajstić information content (AvgIpc) is 2.64. The van der Waals surface area contributed by atoms with Gasteiger partial charge in [-0.15, -0.1) is 0 Å². The molecule has 0 unspecified atom stereocenters. The second-order valence-electron chi connectivity index (χ2n) is 7.25. The topological polar surface area (TPSA) is 61.4 Å². The predicted molar refractivity (Wildman–Crippen MR) is 101 cm³/mol. The number of carbonyl (C=O) groups is 2. The van der Waals surface area contributed by atoms with Crippen molar-refractivity contribution in [2.45, 2.75) is 51.9 Å². The van der Waals surface area contributed by atoms with Crippen LogP contribution in [0.15, 0.2) is 24.3 Å². The van der Waals surface area contributed by atoms with Crippen molar-refractivity contribution in [1.29, 1.82) is 0 Å². The Morgan fingerprint density at radius 1 is 1.12 bits per heavy atom. The van der Waals surface area contributed by atoms with Gasteiger partial charge in [0.15, 0.2) is 0 Å². The third-order valence-electron chi connectivity index (χ3n) is 5.11. The second-order valence-corrected chi connectivity index (χ2v) is 7.25. The maximum absolute atomic E-state index is 12.3. The zero-order valence-corrected chi connectivity index (χ0v) is 15.7. The molecular formula is C20H31N3O2. The zero-order valence-electron chi connectivity index (χ0n) is 15.7. The number of nitrogens with one attached hydrogen (secondary N) is 2. The van der Waals surface area contributed by atoms with Crippen LogP contribution in [0.5, 0.6) is 0 Å². The molecule has 25 heavy (non-hydrogen) atoms. The van der Waals surface area contributed by atoms with E-state index in [-0.39, 0.29) is 17.7 Å². The van der Waals surface area contributed by atoms with Crippen LogP contribution in [0.25, 0.3) is 0 Å². The van der Waals surface area contributed by atoms with E-state index in [1.807, 2.05) is 31.1 Å². The van der Waals surface area contributed by atoms with E-state index < -0.39 is 0 Å². The highest BCUT2D eigenvalue weighted by molar-refractivity contribution is 5.96. The van der Waals surface area contributed by atoms with Crippen LogP contribution in [-0.2, 0) is 4.79 Å². The maximum atomic E-state index is 12.3. The van der Waals surface area contributed by atoms with Gasteiger partial charge in [-0.1, -0.05) is 32.3 Å². The maximum Gasteiger partial charge on any atom is 0.269 e. The number of anilines is 1. The van der Waals surface area contributed by atoms with Crippen molar-refractivity contribution in [2.75, 3.05) is 19.0 Å². The number of hydrazine groups is 1. The van der Waals surface area contributed by atoms with Crippen LogP contribution in [-0.4, -0.2) is 25.9 Å². The van der Waals surface area contributed by atoms with Gasteiger partial charge in [0.2, 0.25) is 5.91 Å². The monoisotopic (exact) mass is 345 g/mol. The van der Waals surface area contributed by atoms with E-state index in [1.54, 1.807) is 12.1 Å². The molecule has 138 valence electrons. The Labute approximate surface area is 151 Å². The minimum atomic E-state index is -0.284. The summed E-state index contributed by atoms with van der Waals surface area (Å²) in [5.74, 6) is 0.443. The summed E-state index contributed by atoms with van der Waals surface area (Å²) in [4.78, 5) is 26.5. The molecule has 0 spiro atoms. The van der Waals surface area contributed by atoms with Crippen LogP contribution in [0, 0.1) is 11.8 Å². The largest absolute Gasteiger partial charge is 0.378 e. The van der Waals surface area contributed by atoms with Crippen LogP contribution in [0.2, 0.25) is 0 Å². The summed E-state index contributed by atoms with van der Waals surface area (Å²) in [6.07, 6.45) is 7.89. The van der Waals surface area contributed by atoms with Crippen molar-refractivity contribution in [3.8, 4) is 0 Å². The molecule has 0 heterocycles. The van der Waals surface area contributed by atoms with E-state index in [0.29, 0.717) is 5.56 Å². The fourth-order valence-corrected chi connectivity index (χ4v) is 3.42. The molecule has 0 aromatic heterocycles. The fourth-order valence-electron chi connectivity index (χ4n) is 3.42. The summed E-state index contributed by atoms with van der Waals surface area (Å²) >= 11 is 0. The van der Waals surface area contributed by atoms with Gasteiger partial charge in [-0.05, 0) is 49.8 Å². The molecule has 0 radical (unpaired) electrons. The number of unbranched alkanes of at least 4 members (excludes halogenated alkanes) is 1. The molecule has 1 aliphatic carbocycles. The number of benzene rings is 1. The molecule has 0 saturated heterocycles. The standard InChI is InChI=1S/C20H31N3O2/c1-4-5-7-15-10-12-16(13-11-15)19(24)21-22-20(25)17-8-6-9-18(14-17)23(2)3/h6,8-9,14-16H,4-5,7,10-13H2,1-3H3,(H,21,24)(H,22,25). The summed E-state index contributed by atoms with van der Waals surface area (Å²) < 4.78 is 0. The third kappa shape index (κ3) is 5.76. The third-order valence-corrected chi connectivity index (χ3v) is 5.11. The molecular weight excluding hydrogens is 314 g/mol. The van der Waals surface area contributed by atoms with Gasteiger partial charge < -0.3 is 4.90 Å². The van der Waals surface area contributed by atoms with E-state index in [1.165, 1.54) is 19.3 Å². The van der Waals surface area contributed by atoms with E-state index in [9.17, 15) is 9.59 Å². The van der Waals surface area contributed by atoms with Crippen molar-refractivity contribution in [3.05, 3.63) is 29.8 Å². The lowest BCUT2D eigenvalue weighted by Gasteiger charge is -2.27. The lowest BCUT2D eigenvalue weighted by molar-refractivity contribution is -0.127. The molecule has 2 amide bonds. The van der Waals surface area contributed by atoms with E-state index in [4.69, 9.17) is 0 Å². The first-order valence-electron chi connectivity index (χ1n) is 9.38. The SMILES string of the molecule is CCCCC1CCC(C(=O)NNC(=O)c2cccc(N(C)C)c2)CC1. The number of carbonyl (C=O) groups excluding carboxylic acids is 2. The van der Waals surface area contributed by atoms with Crippen LogP contribution in [0.1, 0.15) is 62.2 Å². The summed E-state index contributed by atoms with van der Waals surface area (Å²) in [5, 5.41) is 0. The van der Waals surface area contributed by atoms with Crippen LogP contribution >= 0.6 is 0 Å². The van der Waals surface area contributed by atoms with Crippen molar-refractivity contribution in [2.24, 2.45) is 11.8 Å². The van der Waals surface area contributed by atoms with E-state index in [2.05, 4.69) is 17.8 Å². The highest BCUT2D eigenvalue weighted by Gasteiger charge is 2.26. The molecule has 1 aromatic carbocycles. The minimum Gasteiger partial charge on any atom is -0.378 e. The smallest absolute Gasteiger partial charge is 0.269 e. The second kappa shape index (κ2) is 9.44. The van der Waals surface area contributed by atoms with Gasteiger partial charge in [-0.3, -0.25) is 20.4 Å². The van der Waals surface area contributed by atoms with Crippen LogP contribution < -0.4 is 15.8 Å². The molecule has 1 saturated carbocycles. The molecule has 2 rings (SSSR count). The zero-order chi connectivity index (χ0) is 18.2. The molecule has 0 atom stereocenters. The van der Waals surface area contributed by atoms with Gasteiger partial charge in [-0.2, -0.15) is 0 Å². The van der Waals surface area contributed by atoms with E-state index in [0.717, 1.165) is 37.3 Å². The number of rotatable bonds is 6. The molecule has 1 fully saturated rings. The number of hydrogen-bond donors (Lipinski definition) is 2. The van der Waals surface area contributed by atoms with Gasteiger partial charge in [0.1, 0.15) is 0 Å². The number of nitrogens with zero attached hydrogens (tertiary/aromatic N) is 1. The normalized spacial score (nSPS) is 20.0. The summed E-state index contributed by atoms with van der Waals surface area (Å²) in [7, 11) is 3.85. The van der Waals surface area contributed by atoms with E-state index >= 15 is 0 Å². The number of amides is 2. The highest BCUT2D eigenvalue weighted by Crippen LogP contribution is 2.31. The Bertz CT molecular complexity index is 578. The summed E-state index contributed by atoms with van der Waals surface area (Å²) in [6.45, 7) is 2.22. The van der Waals surface area contributed by atoms with Gasteiger partial charge in [0, 0.05) is 31.3 Å². The molecule has 2 N–H and O–H groups in total. The Balaban J connectivity index is 1.78. The average molecular weight is 345 g/mol. The van der Waals surface area contributed by atoms with Crippen molar-refractivity contribution in [1.82, 2.24) is 10.9 Å². The van der Waals surface area contributed by atoms with Gasteiger partial charge in [0.25, 0.3) is 5.91 Å². The Morgan fingerprint density at radius 2 is 1.84 bits per heavy atom. The first kappa shape index (κ1) is 19.3. The lowest BCUT2D eigenvalue weighted by atomic mass is 9.79. The van der Waals surface area contributed by atoms with Crippen molar-refractivity contribution >= 4 is 17.5 Å². The Morgan fingerprint density at radius 3 is 2.48 bits per heavy atom. The van der Waals surface area contributed by atoms with Gasteiger partial charge in [0.05, 0.1) is 0 Å². The first-order valence-corrected chi connectivity index (χ1v) is 9.38. The highest BCUT2D eigenvalue weighted by atomic mass is 16.2. The molecule has 0 bridgehead atoms. The van der Waals surface area contributed by atoms with Crippen LogP contribution in [0.3, 0.4) is 0 Å². The molecule has 1 aliphatic rings. The Hall–Kier alpha value is -2.04. The first-order chi connectivity index (χ1) is 12.0.